The number of aromatic nitrogens is 1. The lowest BCUT2D eigenvalue weighted by Crippen LogP contribution is -2.64. The highest BCUT2D eigenvalue weighted by Crippen LogP contribution is 2.57. The largest absolute Gasteiger partial charge is 0.390 e. The smallest absolute Gasteiger partial charge is 0.0670 e. The Morgan fingerprint density at radius 3 is 2.53 bits per heavy atom. The van der Waals surface area contributed by atoms with Gasteiger partial charge in [-0.1, -0.05) is 47.5 Å². The number of fused-ring (bicyclic) bond motifs is 1. The third-order valence-corrected chi connectivity index (χ3v) is 8.96. The zero-order chi connectivity index (χ0) is 22.1. The van der Waals surface area contributed by atoms with E-state index in [-0.39, 0.29) is 5.54 Å². The second kappa shape index (κ2) is 7.50. The van der Waals surface area contributed by atoms with Crippen molar-refractivity contribution in [2.24, 2.45) is 11.8 Å². The van der Waals surface area contributed by atoms with Gasteiger partial charge in [-0.3, -0.25) is 0 Å². The summed E-state index contributed by atoms with van der Waals surface area (Å²) in [4.78, 5) is 0. The first kappa shape index (κ1) is 21.0. The second-order valence-corrected chi connectivity index (χ2v) is 11.6. The summed E-state index contributed by atoms with van der Waals surface area (Å²) >= 11 is 12.6. The van der Waals surface area contributed by atoms with E-state index in [1.54, 1.807) is 0 Å². The maximum absolute atomic E-state index is 11.1. The van der Waals surface area contributed by atoms with Gasteiger partial charge in [-0.05, 0) is 86.6 Å². The van der Waals surface area contributed by atoms with Crippen LogP contribution in [0.2, 0.25) is 10.0 Å². The molecule has 2 N–H and O–H groups in total. The molecule has 1 heterocycles. The molecule has 0 aliphatic heterocycles. The van der Waals surface area contributed by atoms with Gasteiger partial charge in [0.25, 0.3) is 0 Å². The molecule has 0 amide bonds. The van der Waals surface area contributed by atoms with Crippen LogP contribution in [0.3, 0.4) is 0 Å². The molecule has 2 atom stereocenters. The average Bonchev–Trinajstić information content (AvgIpc) is 2.98. The Labute approximate surface area is 199 Å². The number of halogens is 2. The molecule has 1 aromatic heterocycles. The summed E-state index contributed by atoms with van der Waals surface area (Å²) in [5, 5.41) is 17.8. The predicted octanol–water partition coefficient (Wildman–Crippen LogP) is 6.48. The van der Waals surface area contributed by atoms with E-state index in [0.29, 0.717) is 21.9 Å². The molecule has 7 rings (SSSR count). The van der Waals surface area contributed by atoms with Crippen molar-refractivity contribution in [3.8, 4) is 0 Å². The molecule has 4 bridgehead atoms. The lowest BCUT2D eigenvalue weighted by atomic mass is 9.51. The molecule has 4 aliphatic carbocycles. The highest BCUT2D eigenvalue weighted by Gasteiger charge is 2.56. The summed E-state index contributed by atoms with van der Waals surface area (Å²) in [5.41, 5.74) is 4.58. The molecule has 5 heteroatoms. The molecular formula is C27H30Cl2N2O. The highest BCUT2D eigenvalue weighted by molar-refractivity contribution is 6.35. The Balaban J connectivity index is 1.32. The van der Waals surface area contributed by atoms with E-state index in [9.17, 15) is 5.11 Å². The van der Waals surface area contributed by atoms with Crippen LogP contribution in [0.25, 0.3) is 10.9 Å². The topological polar surface area (TPSA) is 37.2 Å². The van der Waals surface area contributed by atoms with Crippen LogP contribution < -0.4 is 5.32 Å². The van der Waals surface area contributed by atoms with Gasteiger partial charge in [0.2, 0.25) is 0 Å². The van der Waals surface area contributed by atoms with Crippen molar-refractivity contribution in [3.63, 3.8) is 0 Å². The van der Waals surface area contributed by atoms with Crippen LogP contribution in [0.15, 0.2) is 42.5 Å². The molecular weight excluding hydrogens is 439 g/mol. The summed E-state index contributed by atoms with van der Waals surface area (Å²) in [7, 11) is 0. The molecule has 4 fully saturated rings. The van der Waals surface area contributed by atoms with Gasteiger partial charge in [0.05, 0.1) is 5.60 Å². The molecule has 2 unspecified atom stereocenters. The van der Waals surface area contributed by atoms with E-state index in [2.05, 4.69) is 41.1 Å². The lowest BCUT2D eigenvalue weighted by molar-refractivity contribution is -0.142. The van der Waals surface area contributed by atoms with Crippen molar-refractivity contribution in [2.45, 2.75) is 69.7 Å². The van der Waals surface area contributed by atoms with Gasteiger partial charge in [-0.25, -0.2) is 0 Å². The first-order valence-corrected chi connectivity index (χ1v) is 12.6. The first-order valence-electron chi connectivity index (χ1n) is 11.8. The van der Waals surface area contributed by atoms with Crippen molar-refractivity contribution in [3.05, 3.63) is 69.3 Å². The molecule has 3 aromatic rings. The van der Waals surface area contributed by atoms with Gasteiger partial charge in [-0.15, -0.1) is 0 Å². The van der Waals surface area contributed by atoms with E-state index in [1.807, 2.05) is 18.2 Å². The van der Waals surface area contributed by atoms with E-state index >= 15 is 0 Å². The van der Waals surface area contributed by atoms with Crippen molar-refractivity contribution in [2.75, 3.05) is 0 Å². The molecule has 0 saturated heterocycles. The number of para-hydroxylation sites is 1. The second-order valence-electron chi connectivity index (χ2n) is 10.7. The SMILES string of the molecule is Cc1c(CNC23CC4CC(CC(O)(C4)C2)C3)c2ccccc2n1Cc1ccc(Cl)cc1Cl. The van der Waals surface area contributed by atoms with E-state index in [1.165, 1.54) is 41.4 Å². The minimum Gasteiger partial charge on any atom is -0.390 e. The standard InChI is InChI=1S/C27H30Cl2N2O/c1-17-23(14-30-26-10-18-8-19(11-26)13-27(32,12-18)16-26)22-4-2-3-5-25(22)31(17)15-20-6-7-21(28)9-24(20)29/h2-7,9,18-19,30,32H,8,10-16H2,1H3. The van der Waals surface area contributed by atoms with E-state index in [0.717, 1.165) is 37.9 Å². The summed E-state index contributed by atoms with van der Waals surface area (Å²) in [6.45, 7) is 3.77. The quantitative estimate of drug-likeness (QED) is 0.449. The number of aliphatic hydroxyl groups is 1. The van der Waals surface area contributed by atoms with Crippen LogP contribution in [-0.2, 0) is 13.1 Å². The molecule has 168 valence electrons. The van der Waals surface area contributed by atoms with Crippen molar-refractivity contribution in [1.29, 1.82) is 0 Å². The van der Waals surface area contributed by atoms with Crippen LogP contribution in [0.4, 0.5) is 0 Å². The number of nitrogens with one attached hydrogen (secondary N) is 1. The Morgan fingerprint density at radius 2 is 1.81 bits per heavy atom. The summed E-state index contributed by atoms with van der Waals surface area (Å²) in [6, 6.07) is 14.4. The molecule has 32 heavy (non-hydrogen) atoms. The van der Waals surface area contributed by atoms with Crippen LogP contribution in [0.5, 0.6) is 0 Å². The van der Waals surface area contributed by atoms with Crippen LogP contribution in [-0.4, -0.2) is 20.8 Å². The number of benzene rings is 2. The number of hydrogen-bond acceptors (Lipinski definition) is 2. The van der Waals surface area contributed by atoms with Crippen LogP contribution >= 0.6 is 23.2 Å². The third-order valence-electron chi connectivity index (χ3n) is 8.38. The number of rotatable bonds is 5. The normalized spacial score (nSPS) is 31.0. The predicted molar refractivity (Wildman–Crippen MR) is 131 cm³/mol. The zero-order valence-corrected chi connectivity index (χ0v) is 20.0. The summed E-state index contributed by atoms with van der Waals surface area (Å²) < 4.78 is 2.37. The summed E-state index contributed by atoms with van der Waals surface area (Å²) in [6.07, 6.45) is 6.66. The number of nitrogens with zero attached hydrogens (tertiary/aromatic N) is 1. The van der Waals surface area contributed by atoms with Crippen molar-refractivity contribution in [1.82, 2.24) is 9.88 Å². The molecule has 4 aliphatic rings. The molecule has 4 saturated carbocycles. The van der Waals surface area contributed by atoms with Gasteiger partial charge >= 0.3 is 0 Å². The summed E-state index contributed by atoms with van der Waals surface area (Å²) in [5.74, 6) is 1.37. The average molecular weight is 469 g/mol. The Kier molecular flexibility index (Phi) is 4.93. The van der Waals surface area contributed by atoms with Gasteiger partial charge in [-0.2, -0.15) is 0 Å². The molecule has 0 spiro atoms. The van der Waals surface area contributed by atoms with Gasteiger partial charge in [0.15, 0.2) is 0 Å². The van der Waals surface area contributed by atoms with Gasteiger partial charge in [0.1, 0.15) is 0 Å². The van der Waals surface area contributed by atoms with E-state index in [4.69, 9.17) is 23.2 Å². The zero-order valence-electron chi connectivity index (χ0n) is 18.5. The Morgan fingerprint density at radius 1 is 1.06 bits per heavy atom. The van der Waals surface area contributed by atoms with Crippen molar-refractivity contribution < 1.29 is 5.11 Å². The minimum absolute atomic E-state index is 0.0912. The maximum Gasteiger partial charge on any atom is 0.0670 e. The minimum atomic E-state index is -0.439. The van der Waals surface area contributed by atoms with Crippen LogP contribution in [0.1, 0.15) is 55.3 Å². The van der Waals surface area contributed by atoms with Gasteiger partial charge in [0, 0.05) is 45.3 Å². The Bertz CT molecular complexity index is 1190. The maximum atomic E-state index is 11.1. The fraction of sp³-hybridized carbons (Fsp3) is 0.481. The number of hydrogen-bond donors (Lipinski definition) is 2. The van der Waals surface area contributed by atoms with Gasteiger partial charge < -0.3 is 15.0 Å². The highest BCUT2D eigenvalue weighted by atomic mass is 35.5. The molecule has 3 nitrogen and oxygen atoms in total. The first-order chi connectivity index (χ1) is 15.3. The molecule has 0 radical (unpaired) electrons. The fourth-order valence-corrected chi connectivity index (χ4v) is 7.91. The Hall–Kier alpha value is -1.52. The van der Waals surface area contributed by atoms with Crippen molar-refractivity contribution >= 4 is 34.1 Å². The van der Waals surface area contributed by atoms with E-state index < -0.39 is 5.60 Å². The van der Waals surface area contributed by atoms with Crippen LogP contribution in [0, 0.1) is 18.8 Å². The fourth-order valence-electron chi connectivity index (χ4n) is 7.45. The third kappa shape index (κ3) is 3.49. The molecule has 2 aromatic carbocycles. The lowest BCUT2D eigenvalue weighted by Gasteiger charge is -2.60. The monoisotopic (exact) mass is 468 g/mol.